The molecule has 9 heteroatoms. The van der Waals surface area contributed by atoms with E-state index < -0.39 is 0 Å². The predicted molar refractivity (Wildman–Crippen MR) is 116 cm³/mol. The van der Waals surface area contributed by atoms with Gasteiger partial charge in [0.2, 0.25) is 11.7 Å². The molecule has 0 fully saturated rings. The molecule has 7 nitrogen and oxygen atoms in total. The molecule has 156 valence electrons. The molecule has 1 atom stereocenters. The Balaban J connectivity index is 1.55. The Morgan fingerprint density at radius 1 is 1.23 bits per heavy atom. The first-order valence-corrected chi connectivity index (χ1v) is 10.8. The molecular weight excluding hydrogens is 405 g/mol. The van der Waals surface area contributed by atoms with Gasteiger partial charge >= 0.3 is 0 Å². The minimum atomic E-state index is -0.345. The van der Waals surface area contributed by atoms with Crippen LogP contribution in [0.1, 0.15) is 45.0 Å². The van der Waals surface area contributed by atoms with Crippen LogP contribution in [0.25, 0.3) is 16.0 Å². The third-order valence-electron chi connectivity index (χ3n) is 5.19. The van der Waals surface area contributed by atoms with Crippen molar-refractivity contribution in [3.63, 3.8) is 0 Å². The van der Waals surface area contributed by atoms with E-state index in [1.54, 1.807) is 4.57 Å². The summed E-state index contributed by atoms with van der Waals surface area (Å²) in [4.78, 5) is 25.1. The van der Waals surface area contributed by atoms with Crippen LogP contribution in [-0.2, 0) is 11.2 Å². The van der Waals surface area contributed by atoms with Crippen molar-refractivity contribution in [2.45, 2.75) is 45.6 Å². The number of hydrogen-bond donors (Lipinski definition) is 1. The van der Waals surface area contributed by atoms with E-state index in [0.717, 1.165) is 17.8 Å². The molecule has 1 amide bonds. The number of aryl methyl sites for hydroxylation is 1. The van der Waals surface area contributed by atoms with Crippen LogP contribution in [-0.4, -0.2) is 25.1 Å². The number of rotatable bonds is 7. The molecule has 4 rings (SSSR count). The molecule has 0 aliphatic carbocycles. The van der Waals surface area contributed by atoms with E-state index in [1.807, 2.05) is 29.7 Å². The molecule has 0 aliphatic rings. The van der Waals surface area contributed by atoms with Gasteiger partial charge in [-0.15, -0.1) is 21.5 Å². The number of anilines is 1. The molecule has 3 heterocycles. The number of carbonyl (C=O) groups is 1. The summed E-state index contributed by atoms with van der Waals surface area (Å²) >= 11 is 1.41. The first kappa shape index (κ1) is 20.2. The maximum Gasteiger partial charge on any atom is 0.273 e. The van der Waals surface area contributed by atoms with E-state index in [2.05, 4.69) is 15.5 Å². The van der Waals surface area contributed by atoms with Crippen molar-refractivity contribution in [3.05, 3.63) is 57.7 Å². The number of fused-ring (bicyclic) bond motifs is 3. The van der Waals surface area contributed by atoms with Crippen LogP contribution in [0.3, 0.4) is 0 Å². The van der Waals surface area contributed by atoms with Gasteiger partial charge in [0, 0.05) is 24.6 Å². The molecule has 0 spiro atoms. The van der Waals surface area contributed by atoms with Gasteiger partial charge in [-0.05, 0) is 55.5 Å². The van der Waals surface area contributed by atoms with Gasteiger partial charge in [0.25, 0.3) is 5.56 Å². The van der Waals surface area contributed by atoms with Crippen molar-refractivity contribution in [2.24, 2.45) is 0 Å². The zero-order valence-electron chi connectivity index (χ0n) is 16.8. The van der Waals surface area contributed by atoms with Crippen LogP contribution >= 0.6 is 11.3 Å². The Morgan fingerprint density at radius 3 is 2.73 bits per heavy atom. The fourth-order valence-corrected chi connectivity index (χ4v) is 4.27. The summed E-state index contributed by atoms with van der Waals surface area (Å²) in [5.41, 5.74) is 1.32. The van der Waals surface area contributed by atoms with Crippen molar-refractivity contribution in [1.29, 1.82) is 0 Å². The lowest BCUT2D eigenvalue weighted by molar-refractivity contribution is -0.116. The Labute approximate surface area is 176 Å². The third kappa shape index (κ3) is 3.72. The van der Waals surface area contributed by atoms with Crippen molar-refractivity contribution in [2.75, 3.05) is 5.32 Å². The van der Waals surface area contributed by atoms with Gasteiger partial charge in [-0.2, -0.15) is 0 Å². The summed E-state index contributed by atoms with van der Waals surface area (Å²) in [6, 6.07) is 7.58. The lowest BCUT2D eigenvalue weighted by Crippen LogP contribution is -2.25. The summed E-state index contributed by atoms with van der Waals surface area (Å²) < 4.78 is 17.3. The van der Waals surface area contributed by atoms with Gasteiger partial charge in [-0.25, -0.2) is 4.39 Å². The quantitative estimate of drug-likeness (QED) is 0.480. The van der Waals surface area contributed by atoms with Crippen LogP contribution < -0.4 is 10.9 Å². The minimum absolute atomic E-state index is 0.00466. The number of amides is 1. The fraction of sp³-hybridized carbons (Fsp3) is 0.333. The highest BCUT2D eigenvalue weighted by atomic mass is 32.1. The molecule has 0 saturated carbocycles. The van der Waals surface area contributed by atoms with Crippen molar-refractivity contribution in [3.8, 4) is 0 Å². The monoisotopic (exact) mass is 427 g/mol. The summed E-state index contributed by atoms with van der Waals surface area (Å²) in [5.74, 6) is 0.765. The lowest BCUT2D eigenvalue weighted by atomic mass is 10.2. The Morgan fingerprint density at radius 2 is 2.00 bits per heavy atom. The van der Waals surface area contributed by atoms with Crippen LogP contribution in [0.15, 0.2) is 40.5 Å². The highest BCUT2D eigenvalue weighted by molar-refractivity contribution is 7.17. The van der Waals surface area contributed by atoms with E-state index >= 15 is 0 Å². The SMILES string of the molecule is CC[C@@H](C)n1c(=O)c2sccc2n2c(CCCC(=O)Nc3ccc(F)cc3)nnc12. The maximum atomic E-state index is 13.0. The zero-order valence-corrected chi connectivity index (χ0v) is 17.6. The molecule has 0 saturated heterocycles. The molecule has 0 radical (unpaired) electrons. The molecule has 4 aromatic rings. The number of carbonyl (C=O) groups excluding carboxylic acids is 1. The van der Waals surface area contributed by atoms with Gasteiger partial charge in [-0.3, -0.25) is 18.6 Å². The van der Waals surface area contributed by atoms with E-state index in [4.69, 9.17) is 0 Å². The van der Waals surface area contributed by atoms with Gasteiger partial charge in [-0.1, -0.05) is 6.92 Å². The minimum Gasteiger partial charge on any atom is -0.326 e. The Bertz CT molecular complexity index is 1260. The van der Waals surface area contributed by atoms with Crippen molar-refractivity contribution in [1.82, 2.24) is 19.2 Å². The first-order valence-electron chi connectivity index (χ1n) is 9.90. The number of halogens is 1. The van der Waals surface area contributed by atoms with E-state index in [0.29, 0.717) is 35.4 Å². The van der Waals surface area contributed by atoms with Crippen LogP contribution in [0.5, 0.6) is 0 Å². The molecule has 3 aromatic heterocycles. The molecule has 0 bridgehead atoms. The van der Waals surface area contributed by atoms with Gasteiger partial charge in [0.1, 0.15) is 16.3 Å². The highest BCUT2D eigenvalue weighted by Crippen LogP contribution is 2.23. The maximum absolute atomic E-state index is 13.0. The second-order valence-corrected chi connectivity index (χ2v) is 8.14. The summed E-state index contributed by atoms with van der Waals surface area (Å²) in [5, 5.41) is 13.3. The largest absolute Gasteiger partial charge is 0.326 e. The molecule has 0 unspecified atom stereocenters. The summed E-state index contributed by atoms with van der Waals surface area (Å²) in [7, 11) is 0. The standard InChI is InChI=1S/C21H22FN5O2S/c1-3-13(2)26-20(29)19-16(11-12-30-19)27-17(24-25-21(26)27)5-4-6-18(28)23-15-9-7-14(22)8-10-15/h7-13H,3-6H2,1-2H3,(H,23,28)/t13-/m1/s1. The van der Waals surface area contributed by atoms with Crippen molar-refractivity contribution >= 4 is 38.9 Å². The third-order valence-corrected chi connectivity index (χ3v) is 6.08. The van der Waals surface area contributed by atoms with Crippen LogP contribution in [0.4, 0.5) is 10.1 Å². The smallest absolute Gasteiger partial charge is 0.273 e. The van der Waals surface area contributed by atoms with Crippen molar-refractivity contribution < 1.29 is 9.18 Å². The number of nitrogens with zero attached hydrogens (tertiary/aromatic N) is 4. The molecule has 1 aromatic carbocycles. The fourth-order valence-electron chi connectivity index (χ4n) is 3.45. The number of thiophene rings is 1. The molecule has 1 N–H and O–H groups in total. The first-order chi connectivity index (χ1) is 14.5. The van der Waals surface area contributed by atoms with Crippen LogP contribution in [0.2, 0.25) is 0 Å². The van der Waals surface area contributed by atoms with E-state index in [9.17, 15) is 14.0 Å². The summed E-state index contributed by atoms with van der Waals surface area (Å²) in [6.45, 7) is 4.03. The molecular formula is C21H22FN5O2S. The van der Waals surface area contributed by atoms with E-state index in [-0.39, 0.29) is 23.3 Å². The normalized spacial score (nSPS) is 12.5. The Hall–Kier alpha value is -3.07. The van der Waals surface area contributed by atoms with Crippen LogP contribution in [0, 0.1) is 5.82 Å². The van der Waals surface area contributed by atoms with E-state index in [1.165, 1.54) is 35.6 Å². The second kappa shape index (κ2) is 8.35. The number of nitrogens with one attached hydrogen (secondary N) is 1. The summed E-state index contributed by atoms with van der Waals surface area (Å²) in [6.07, 6.45) is 2.21. The van der Waals surface area contributed by atoms with Gasteiger partial charge in [0.15, 0.2) is 0 Å². The highest BCUT2D eigenvalue weighted by Gasteiger charge is 2.19. The predicted octanol–water partition coefficient (Wildman–Crippen LogP) is 4.18. The second-order valence-electron chi connectivity index (χ2n) is 7.23. The number of hydrogen-bond acceptors (Lipinski definition) is 5. The molecule has 0 aliphatic heterocycles. The average Bonchev–Trinajstić information content (AvgIpc) is 3.37. The van der Waals surface area contributed by atoms with Gasteiger partial charge in [0.05, 0.1) is 5.52 Å². The molecule has 30 heavy (non-hydrogen) atoms. The topological polar surface area (TPSA) is 81.3 Å². The Kier molecular flexibility index (Phi) is 5.63. The lowest BCUT2D eigenvalue weighted by Gasteiger charge is -2.14. The number of benzene rings is 1. The van der Waals surface area contributed by atoms with Gasteiger partial charge < -0.3 is 5.32 Å². The number of aromatic nitrogens is 4. The average molecular weight is 428 g/mol. The zero-order chi connectivity index (χ0) is 21.3.